The Kier molecular flexibility index (Phi) is 3.06. The molecule has 4 nitrogen and oxygen atoms in total. The van der Waals surface area contributed by atoms with Crippen molar-refractivity contribution in [2.24, 2.45) is 0 Å². The van der Waals surface area contributed by atoms with Crippen LogP contribution in [0.4, 0.5) is 5.69 Å². The molecule has 3 rings (SSSR count). The van der Waals surface area contributed by atoms with Crippen molar-refractivity contribution in [2.45, 2.75) is 18.9 Å². The number of anilines is 1. The van der Waals surface area contributed by atoms with E-state index >= 15 is 0 Å². The predicted molar refractivity (Wildman–Crippen MR) is 71.9 cm³/mol. The second kappa shape index (κ2) is 4.71. The highest BCUT2D eigenvalue weighted by Gasteiger charge is 2.24. The maximum atomic E-state index is 11.6. The van der Waals surface area contributed by atoms with Gasteiger partial charge in [-0.3, -0.25) is 4.79 Å². The summed E-state index contributed by atoms with van der Waals surface area (Å²) in [5.74, 6) is 0.194. The van der Waals surface area contributed by atoms with Crippen molar-refractivity contribution >= 4 is 11.6 Å². The Morgan fingerprint density at radius 2 is 2.28 bits per heavy atom. The highest BCUT2D eigenvalue weighted by Crippen LogP contribution is 2.28. The van der Waals surface area contributed by atoms with Gasteiger partial charge in [0, 0.05) is 38.4 Å². The fraction of sp³-hybridized carbons (Fsp3) is 0.500. The molecule has 4 heteroatoms. The highest BCUT2D eigenvalue weighted by molar-refractivity contribution is 6.00. The van der Waals surface area contributed by atoms with Crippen molar-refractivity contribution in [1.82, 2.24) is 10.6 Å². The molecule has 2 aliphatic heterocycles. The van der Waals surface area contributed by atoms with Crippen molar-refractivity contribution in [3.63, 3.8) is 0 Å². The number of benzene rings is 1. The lowest BCUT2D eigenvalue weighted by Gasteiger charge is -2.24. The Labute approximate surface area is 107 Å². The summed E-state index contributed by atoms with van der Waals surface area (Å²) in [7, 11) is 1.85. The van der Waals surface area contributed by atoms with Gasteiger partial charge < -0.3 is 15.5 Å². The van der Waals surface area contributed by atoms with Crippen molar-refractivity contribution in [2.75, 3.05) is 31.6 Å². The molecule has 1 amide bonds. The second-order valence-corrected chi connectivity index (χ2v) is 5.15. The Bertz CT molecular complexity index is 466. The van der Waals surface area contributed by atoms with Gasteiger partial charge >= 0.3 is 0 Å². The highest BCUT2D eigenvalue weighted by atomic mass is 16.2. The number of carbonyl (C=O) groups is 1. The molecule has 0 saturated carbocycles. The zero-order valence-corrected chi connectivity index (χ0v) is 10.7. The molecular weight excluding hydrogens is 226 g/mol. The zero-order chi connectivity index (χ0) is 12.5. The van der Waals surface area contributed by atoms with Gasteiger partial charge in [-0.15, -0.1) is 0 Å². The largest absolute Gasteiger partial charge is 0.315 e. The molecule has 2 N–H and O–H groups in total. The molecule has 0 aliphatic carbocycles. The topological polar surface area (TPSA) is 44.4 Å². The summed E-state index contributed by atoms with van der Waals surface area (Å²) < 4.78 is 0. The van der Waals surface area contributed by atoms with E-state index in [0.29, 0.717) is 12.5 Å². The molecule has 0 radical (unpaired) electrons. The first kappa shape index (κ1) is 11.7. The van der Waals surface area contributed by atoms with E-state index in [0.717, 1.165) is 31.7 Å². The smallest absolute Gasteiger partial charge is 0.231 e. The summed E-state index contributed by atoms with van der Waals surface area (Å²) in [6, 6.07) is 6.91. The standard InChI is InChI=1S/C14H19N3O/c1-17-13-3-2-10(6-11(13)8-14(17)18)7-12-9-15-4-5-16-12/h2-3,6,12,15-16H,4-5,7-9H2,1H3. The summed E-state index contributed by atoms with van der Waals surface area (Å²) in [5.41, 5.74) is 3.56. The quantitative estimate of drug-likeness (QED) is 0.788. The first-order chi connectivity index (χ1) is 8.74. The Hall–Kier alpha value is -1.39. The van der Waals surface area contributed by atoms with Crippen LogP contribution in [0.3, 0.4) is 0 Å². The number of nitrogens with zero attached hydrogens (tertiary/aromatic N) is 1. The monoisotopic (exact) mass is 245 g/mol. The summed E-state index contributed by atoms with van der Waals surface area (Å²) in [6.07, 6.45) is 1.58. The lowest BCUT2D eigenvalue weighted by molar-refractivity contribution is -0.117. The molecule has 2 heterocycles. The molecule has 1 aromatic carbocycles. The van der Waals surface area contributed by atoms with E-state index in [1.165, 1.54) is 11.1 Å². The first-order valence-corrected chi connectivity index (χ1v) is 6.56. The fourth-order valence-electron chi connectivity index (χ4n) is 2.79. The van der Waals surface area contributed by atoms with Crippen LogP contribution in [0.1, 0.15) is 11.1 Å². The average molecular weight is 245 g/mol. The Balaban J connectivity index is 1.75. The molecule has 18 heavy (non-hydrogen) atoms. The third-order valence-electron chi connectivity index (χ3n) is 3.83. The molecule has 96 valence electrons. The van der Waals surface area contributed by atoms with Crippen molar-refractivity contribution < 1.29 is 4.79 Å². The van der Waals surface area contributed by atoms with Gasteiger partial charge in [0.15, 0.2) is 0 Å². The number of likely N-dealkylation sites (N-methyl/N-ethyl adjacent to an activating group) is 1. The summed E-state index contributed by atoms with van der Waals surface area (Å²) in [4.78, 5) is 13.4. The lowest BCUT2D eigenvalue weighted by atomic mass is 10.0. The molecule has 1 unspecified atom stereocenters. The number of hydrogen-bond donors (Lipinski definition) is 2. The molecule has 0 spiro atoms. The number of fused-ring (bicyclic) bond motifs is 1. The van der Waals surface area contributed by atoms with Crippen molar-refractivity contribution in [3.05, 3.63) is 29.3 Å². The maximum absolute atomic E-state index is 11.6. The van der Waals surface area contributed by atoms with Crippen LogP contribution < -0.4 is 15.5 Å². The van der Waals surface area contributed by atoms with Gasteiger partial charge in [-0.2, -0.15) is 0 Å². The number of rotatable bonds is 2. The third kappa shape index (κ3) is 2.13. The second-order valence-electron chi connectivity index (χ2n) is 5.15. The minimum Gasteiger partial charge on any atom is -0.315 e. The van der Waals surface area contributed by atoms with Crippen LogP contribution in [0.25, 0.3) is 0 Å². The number of carbonyl (C=O) groups excluding carboxylic acids is 1. The van der Waals surface area contributed by atoms with E-state index in [1.54, 1.807) is 4.90 Å². The lowest BCUT2D eigenvalue weighted by Crippen LogP contribution is -2.49. The summed E-state index contributed by atoms with van der Waals surface area (Å²) in [5, 5.41) is 6.91. The molecule has 1 aromatic rings. The fourth-order valence-corrected chi connectivity index (χ4v) is 2.79. The number of piperazine rings is 1. The van der Waals surface area contributed by atoms with E-state index < -0.39 is 0 Å². The van der Waals surface area contributed by atoms with Gasteiger partial charge in [0.1, 0.15) is 0 Å². The van der Waals surface area contributed by atoms with Gasteiger partial charge in [0.05, 0.1) is 6.42 Å². The third-order valence-corrected chi connectivity index (χ3v) is 3.83. The molecule has 1 fully saturated rings. The summed E-state index contributed by atoms with van der Waals surface area (Å²) >= 11 is 0. The van der Waals surface area contributed by atoms with E-state index in [4.69, 9.17) is 0 Å². The minimum atomic E-state index is 0.194. The van der Waals surface area contributed by atoms with Crippen LogP contribution in [-0.2, 0) is 17.6 Å². The predicted octanol–water partition coefficient (Wildman–Crippen LogP) is 0.309. The number of nitrogens with one attached hydrogen (secondary N) is 2. The normalized spacial score (nSPS) is 23.3. The number of hydrogen-bond acceptors (Lipinski definition) is 3. The average Bonchev–Trinajstić information content (AvgIpc) is 2.66. The molecule has 1 atom stereocenters. The molecular formula is C14H19N3O. The van der Waals surface area contributed by atoms with E-state index in [1.807, 2.05) is 7.05 Å². The van der Waals surface area contributed by atoms with Gasteiger partial charge in [0.2, 0.25) is 5.91 Å². The van der Waals surface area contributed by atoms with Crippen LogP contribution in [-0.4, -0.2) is 38.6 Å². The SMILES string of the molecule is CN1C(=O)Cc2cc(CC3CNCCN3)ccc21. The van der Waals surface area contributed by atoms with Crippen molar-refractivity contribution in [1.29, 1.82) is 0 Å². The van der Waals surface area contributed by atoms with E-state index in [-0.39, 0.29) is 5.91 Å². The molecule has 0 bridgehead atoms. The van der Waals surface area contributed by atoms with Crippen LogP contribution in [0.15, 0.2) is 18.2 Å². The van der Waals surface area contributed by atoms with Crippen LogP contribution >= 0.6 is 0 Å². The van der Waals surface area contributed by atoms with Gasteiger partial charge in [-0.1, -0.05) is 12.1 Å². The first-order valence-electron chi connectivity index (χ1n) is 6.56. The summed E-state index contributed by atoms with van der Waals surface area (Å²) in [6.45, 7) is 3.12. The van der Waals surface area contributed by atoms with E-state index in [9.17, 15) is 4.79 Å². The van der Waals surface area contributed by atoms with Crippen LogP contribution in [0, 0.1) is 0 Å². The van der Waals surface area contributed by atoms with Crippen LogP contribution in [0.5, 0.6) is 0 Å². The van der Waals surface area contributed by atoms with Gasteiger partial charge in [-0.05, 0) is 23.6 Å². The van der Waals surface area contributed by atoms with E-state index in [2.05, 4.69) is 28.8 Å². The minimum absolute atomic E-state index is 0.194. The zero-order valence-electron chi connectivity index (χ0n) is 10.7. The molecule has 0 aromatic heterocycles. The van der Waals surface area contributed by atoms with Crippen molar-refractivity contribution in [3.8, 4) is 0 Å². The Morgan fingerprint density at radius 1 is 1.39 bits per heavy atom. The van der Waals surface area contributed by atoms with Gasteiger partial charge in [-0.25, -0.2) is 0 Å². The molecule has 1 saturated heterocycles. The maximum Gasteiger partial charge on any atom is 0.231 e. The molecule has 2 aliphatic rings. The van der Waals surface area contributed by atoms with Gasteiger partial charge in [0.25, 0.3) is 0 Å². The number of amides is 1. The van der Waals surface area contributed by atoms with Crippen LogP contribution in [0.2, 0.25) is 0 Å². The Morgan fingerprint density at radius 3 is 3.06 bits per heavy atom.